The Labute approximate surface area is 160 Å². The van der Waals surface area contributed by atoms with Gasteiger partial charge in [0.1, 0.15) is 18.0 Å². The quantitative estimate of drug-likeness (QED) is 0.378. The molecule has 0 atom stereocenters. The fourth-order valence-corrected chi connectivity index (χ4v) is 2.78. The van der Waals surface area contributed by atoms with Crippen LogP contribution in [0.25, 0.3) is 11.0 Å². The van der Waals surface area contributed by atoms with E-state index in [-0.39, 0.29) is 0 Å². The van der Waals surface area contributed by atoms with Gasteiger partial charge in [0.05, 0.1) is 56.8 Å². The molecule has 0 spiro atoms. The zero-order valence-electron chi connectivity index (χ0n) is 14.9. The Morgan fingerprint density at radius 1 is 0.962 bits per heavy atom. The number of halogens is 1. The molecule has 0 saturated heterocycles. The lowest BCUT2D eigenvalue weighted by atomic mass is 10.1. The summed E-state index contributed by atoms with van der Waals surface area (Å²) in [7, 11) is 2.98. The molecule has 2 rings (SSSR count). The number of benzene rings is 1. The number of carbonyl (C=O) groups excluding carboxylic acids is 1. The van der Waals surface area contributed by atoms with E-state index in [1.807, 2.05) is 6.07 Å². The zero-order chi connectivity index (χ0) is 18.8. The summed E-state index contributed by atoms with van der Waals surface area (Å²) >= 11 is 3.41. The van der Waals surface area contributed by atoms with Gasteiger partial charge in [0.15, 0.2) is 0 Å². The maximum absolute atomic E-state index is 11.7. The largest absolute Gasteiger partial charge is 0.465 e. The lowest BCUT2D eigenvalue weighted by Gasteiger charge is -2.05. The summed E-state index contributed by atoms with van der Waals surface area (Å²) in [6.45, 7) is 3.44. The van der Waals surface area contributed by atoms with E-state index in [2.05, 4.69) is 15.9 Å². The average Bonchev–Trinajstić information content (AvgIpc) is 3.06. The lowest BCUT2D eigenvalue weighted by molar-refractivity contribution is -0.00109. The van der Waals surface area contributed by atoms with Crippen LogP contribution in [-0.2, 0) is 30.3 Å². The second-order valence-electron chi connectivity index (χ2n) is 5.35. The number of esters is 1. The van der Waals surface area contributed by atoms with Gasteiger partial charge in [0.25, 0.3) is 0 Å². The van der Waals surface area contributed by atoms with Crippen molar-refractivity contribution in [2.24, 2.45) is 0 Å². The van der Waals surface area contributed by atoms with Crippen LogP contribution in [0, 0.1) is 0 Å². The first kappa shape index (κ1) is 20.9. The standard InChI is InChI=1S/C18H23BrO7/c1-21-3-4-23-5-6-24-7-8-25-12-15-10-13-9-14(18(20)22-2)11-16(19)17(13)26-15/h9-11H,3-8,12H2,1-2H3. The fourth-order valence-electron chi connectivity index (χ4n) is 2.23. The molecule has 0 amide bonds. The maximum Gasteiger partial charge on any atom is 0.337 e. The first-order valence-electron chi connectivity index (χ1n) is 8.18. The number of carbonyl (C=O) groups is 1. The van der Waals surface area contributed by atoms with Crippen molar-refractivity contribution >= 4 is 32.9 Å². The minimum Gasteiger partial charge on any atom is -0.465 e. The van der Waals surface area contributed by atoms with Crippen molar-refractivity contribution in [2.45, 2.75) is 6.61 Å². The van der Waals surface area contributed by atoms with E-state index in [0.29, 0.717) is 67.6 Å². The topological polar surface area (TPSA) is 76.4 Å². The van der Waals surface area contributed by atoms with Gasteiger partial charge in [-0.2, -0.15) is 0 Å². The molecule has 0 N–H and O–H groups in total. The number of hydrogen-bond donors (Lipinski definition) is 0. The van der Waals surface area contributed by atoms with Gasteiger partial charge in [-0.05, 0) is 34.1 Å². The summed E-state index contributed by atoms with van der Waals surface area (Å²) in [5.41, 5.74) is 1.13. The summed E-state index contributed by atoms with van der Waals surface area (Å²) in [5, 5.41) is 0.808. The summed E-state index contributed by atoms with van der Waals surface area (Å²) in [5.74, 6) is 0.278. The van der Waals surface area contributed by atoms with Crippen LogP contribution in [-0.4, -0.2) is 59.8 Å². The van der Waals surface area contributed by atoms with Crippen molar-refractivity contribution in [3.8, 4) is 0 Å². The number of ether oxygens (including phenoxy) is 5. The minimum atomic E-state index is -0.394. The molecular formula is C18H23BrO7. The first-order chi connectivity index (χ1) is 12.7. The molecule has 1 aromatic carbocycles. The van der Waals surface area contributed by atoms with E-state index < -0.39 is 5.97 Å². The molecule has 0 bridgehead atoms. The number of rotatable bonds is 12. The third kappa shape index (κ3) is 6.37. The lowest BCUT2D eigenvalue weighted by Crippen LogP contribution is -2.11. The van der Waals surface area contributed by atoms with Gasteiger partial charge >= 0.3 is 5.97 Å². The predicted octanol–water partition coefficient (Wildman–Crippen LogP) is 3.18. The highest BCUT2D eigenvalue weighted by Crippen LogP contribution is 2.29. The summed E-state index contributed by atoms with van der Waals surface area (Å²) in [6, 6.07) is 5.24. The van der Waals surface area contributed by atoms with Crippen LogP contribution in [0.15, 0.2) is 27.1 Å². The Balaban J connectivity index is 1.72. The van der Waals surface area contributed by atoms with Crippen molar-refractivity contribution in [3.05, 3.63) is 34.0 Å². The summed E-state index contributed by atoms with van der Waals surface area (Å²) < 4.78 is 32.3. The molecule has 0 aliphatic rings. The van der Waals surface area contributed by atoms with E-state index in [4.69, 9.17) is 28.1 Å². The van der Waals surface area contributed by atoms with E-state index in [1.54, 1.807) is 19.2 Å². The SMILES string of the molecule is COCCOCCOCCOCc1cc2cc(C(=O)OC)cc(Br)c2o1. The molecule has 0 radical (unpaired) electrons. The molecule has 7 nitrogen and oxygen atoms in total. The van der Waals surface area contributed by atoms with E-state index in [9.17, 15) is 4.79 Å². The summed E-state index contributed by atoms with van der Waals surface area (Å²) in [4.78, 5) is 11.7. The Kier molecular flexibility index (Phi) is 9.07. The molecule has 0 unspecified atom stereocenters. The van der Waals surface area contributed by atoms with Crippen molar-refractivity contribution in [3.63, 3.8) is 0 Å². The Hall–Kier alpha value is -1.45. The molecule has 1 heterocycles. The Bertz CT molecular complexity index is 698. The van der Waals surface area contributed by atoms with Crippen LogP contribution in [0.1, 0.15) is 16.1 Å². The van der Waals surface area contributed by atoms with Crippen molar-refractivity contribution in [1.29, 1.82) is 0 Å². The van der Waals surface area contributed by atoms with Crippen LogP contribution >= 0.6 is 15.9 Å². The molecule has 0 aliphatic heterocycles. The Morgan fingerprint density at radius 2 is 1.62 bits per heavy atom. The number of hydrogen-bond acceptors (Lipinski definition) is 7. The molecular weight excluding hydrogens is 408 g/mol. The molecule has 0 aliphatic carbocycles. The smallest absolute Gasteiger partial charge is 0.337 e. The fraction of sp³-hybridized carbons (Fsp3) is 0.500. The minimum absolute atomic E-state index is 0.322. The molecule has 26 heavy (non-hydrogen) atoms. The zero-order valence-corrected chi connectivity index (χ0v) is 16.5. The maximum atomic E-state index is 11.7. The van der Waals surface area contributed by atoms with Gasteiger partial charge in [-0.15, -0.1) is 0 Å². The van der Waals surface area contributed by atoms with Crippen LogP contribution in [0.2, 0.25) is 0 Å². The van der Waals surface area contributed by atoms with Crippen LogP contribution < -0.4 is 0 Å². The van der Waals surface area contributed by atoms with Crippen LogP contribution in [0.3, 0.4) is 0 Å². The van der Waals surface area contributed by atoms with Crippen molar-refractivity contribution < 1.29 is 32.9 Å². The van der Waals surface area contributed by atoms with Gasteiger partial charge < -0.3 is 28.1 Å². The predicted molar refractivity (Wildman–Crippen MR) is 98.4 cm³/mol. The normalized spacial score (nSPS) is 11.2. The second kappa shape index (κ2) is 11.3. The number of furan rings is 1. The average molecular weight is 431 g/mol. The van der Waals surface area contributed by atoms with Gasteiger partial charge in [-0.3, -0.25) is 0 Å². The number of methoxy groups -OCH3 is 2. The van der Waals surface area contributed by atoms with Crippen molar-refractivity contribution in [1.82, 2.24) is 0 Å². The number of fused-ring (bicyclic) bond motifs is 1. The van der Waals surface area contributed by atoms with Crippen LogP contribution in [0.4, 0.5) is 0 Å². The molecule has 2 aromatic rings. The highest BCUT2D eigenvalue weighted by molar-refractivity contribution is 9.10. The molecule has 0 saturated carbocycles. The van der Waals surface area contributed by atoms with Crippen molar-refractivity contribution in [2.75, 3.05) is 53.9 Å². The summed E-state index contributed by atoms with van der Waals surface area (Å²) in [6.07, 6.45) is 0. The van der Waals surface area contributed by atoms with E-state index in [1.165, 1.54) is 7.11 Å². The molecule has 8 heteroatoms. The molecule has 1 aromatic heterocycles. The first-order valence-corrected chi connectivity index (χ1v) is 8.97. The van der Waals surface area contributed by atoms with Gasteiger partial charge in [0.2, 0.25) is 0 Å². The molecule has 0 fully saturated rings. The third-order valence-electron chi connectivity index (χ3n) is 3.46. The van der Waals surface area contributed by atoms with Crippen LogP contribution in [0.5, 0.6) is 0 Å². The highest BCUT2D eigenvalue weighted by Gasteiger charge is 2.13. The molecule has 144 valence electrons. The highest BCUT2D eigenvalue weighted by atomic mass is 79.9. The van der Waals surface area contributed by atoms with Gasteiger partial charge in [-0.25, -0.2) is 4.79 Å². The van der Waals surface area contributed by atoms with E-state index in [0.717, 1.165) is 5.39 Å². The monoisotopic (exact) mass is 430 g/mol. The second-order valence-corrected chi connectivity index (χ2v) is 6.21. The third-order valence-corrected chi connectivity index (χ3v) is 4.05. The van der Waals surface area contributed by atoms with Gasteiger partial charge in [-0.1, -0.05) is 0 Å². The Morgan fingerprint density at radius 3 is 2.27 bits per heavy atom. The van der Waals surface area contributed by atoms with Gasteiger partial charge in [0, 0.05) is 12.5 Å². The van der Waals surface area contributed by atoms with E-state index >= 15 is 0 Å².